The van der Waals surface area contributed by atoms with Gasteiger partial charge in [0.05, 0.1) is 19.3 Å². The number of aliphatic hydroxyl groups is 2. The van der Waals surface area contributed by atoms with E-state index in [1.54, 1.807) is 27.7 Å². The predicted molar refractivity (Wildman–Crippen MR) is 194 cm³/mol. The minimum Gasteiger partial charge on any atom is -0.480 e. The fraction of sp³-hybridized carbons (Fsp3) is 0.750. The Morgan fingerprint density at radius 3 is 1.62 bits per heavy atom. The SMILES string of the molecule is CC(C)C[C@H](NC(=O)[C@H](CO)NC(=O)[C@H](C)NC(=O)[C@H](CO)NC(=O)[C@@H](N)CCCCN)C(=O)N[C@H](C(=O)N[C@@H](CCCN=C(N)N)C(=O)O)C(C)C. The van der Waals surface area contributed by atoms with Crippen molar-refractivity contribution < 1.29 is 48.9 Å². The molecule has 21 nitrogen and oxygen atoms in total. The molecule has 0 aliphatic carbocycles. The van der Waals surface area contributed by atoms with Gasteiger partial charge in [0.15, 0.2) is 5.96 Å². The molecule has 0 aromatic rings. The van der Waals surface area contributed by atoms with Gasteiger partial charge in [0.2, 0.25) is 35.4 Å². The number of carbonyl (C=O) groups is 7. The lowest BCUT2D eigenvalue weighted by molar-refractivity contribution is -0.143. The molecule has 21 heteroatoms. The predicted octanol–water partition coefficient (Wildman–Crippen LogP) is -4.80. The zero-order valence-corrected chi connectivity index (χ0v) is 31.2. The molecular weight excluding hydrogens is 698 g/mol. The Bertz CT molecular complexity index is 1250. The number of unbranched alkanes of at least 4 members (excludes halogenated alkanes) is 1. The van der Waals surface area contributed by atoms with Crippen LogP contribution in [0.4, 0.5) is 0 Å². The van der Waals surface area contributed by atoms with Crippen molar-refractivity contribution >= 4 is 47.4 Å². The number of nitrogens with one attached hydrogen (secondary N) is 6. The summed E-state index contributed by atoms with van der Waals surface area (Å²) in [6.07, 6.45) is 1.86. The van der Waals surface area contributed by atoms with Crippen molar-refractivity contribution in [3.8, 4) is 0 Å². The van der Waals surface area contributed by atoms with E-state index in [1.165, 1.54) is 6.92 Å². The number of amides is 6. The molecule has 53 heavy (non-hydrogen) atoms. The third-order valence-corrected chi connectivity index (χ3v) is 7.84. The Balaban J connectivity index is 5.58. The third-order valence-electron chi connectivity index (χ3n) is 7.84. The van der Waals surface area contributed by atoms with Gasteiger partial charge in [-0.15, -0.1) is 0 Å². The van der Waals surface area contributed by atoms with Gasteiger partial charge >= 0.3 is 5.97 Å². The number of nitrogens with zero attached hydrogens (tertiary/aromatic N) is 1. The first-order chi connectivity index (χ1) is 24.8. The lowest BCUT2D eigenvalue weighted by Crippen LogP contribution is -2.61. The quantitative estimate of drug-likeness (QED) is 0.0224. The van der Waals surface area contributed by atoms with Gasteiger partial charge in [0.25, 0.3) is 0 Å². The molecule has 0 bridgehead atoms. The first kappa shape index (κ1) is 48.4. The highest BCUT2D eigenvalue weighted by atomic mass is 16.4. The molecule has 0 aromatic heterocycles. The van der Waals surface area contributed by atoms with Crippen molar-refractivity contribution in [3.05, 3.63) is 0 Å². The van der Waals surface area contributed by atoms with E-state index in [9.17, 15) is 48.9 Å². The Morgan fingerprint density at radius 2 is 1.13 bits per heavy atom. The largest absolute Gasteiger partial charge is 0.480 e. The first-order valence-corrected chi connectivity index (χ1v) is 17.6. The summed E-state index contributed by atoms with van der Waals surface area (Å²) in [5.41, 5.74) is 21.8. The Hall–Kier alpha value is -4.60. The van der Waals surface area contributed by atoms with Gasteiger partial charge in [-0.05, 0) is 57.4 Å². The second-order valence-corrected chi connectivity index (χ2v) is 13.4. The van der Waals surface area contributed by atoms with Gasteiger partial charge in [-0.2, -0.15) is 0 Å². The molecule has 0 rings (SSSR count). The van der Waals surface area contributed by atoms with Crippen LogP contribution in [0.15, 0.2) is 4.99 Å². The van der Waals surface area contributed by atoms with E-state index in [2.05, 4.69) is 36.9 Å². The first-order valence-electron chi connectivity index (χ1n) is 17.6. The zero-order chi connectivity index (χ0) is 40.8. The molecule has 0 unspecified atom stereocenters. The van der Waals surface area contributed by atoms with Crippen molar-refractivity contribution in [1.82, 2.24) is 31.9 Å². The van der Waals surface area contributed by atoms with Crippen LogP contribution >= 0.6 is 0 Å². The number of rotatable bonds is 26. The van der Waals surface area contributed by atoms with Gasteiger partial charge in [-0.25, -0.2) is 4.79 Å². The number of guanidine groups is 1. The Kier molecular flexibility index (Phi) is 23.2. The van der Waals surface area contributed by atoms with Crippen molar-refractivity contribution in [2.45, 2.75) is 115 Å². The number of carbonyl (C=O) groups excluding carboxylic acids is 6. The second kappa shape index (κ2) is 25.4. The molecule has 0 aliphatic rings. The maximum atomic E-state index is 13.4. The van der Waals surface area contributed by atoms with E-state index in [1.807, 2.05) is 0 Å². The Labute approximate surface area is 309 Å². The summed E-state index contributed by atoms with van der Waals surface area (Å²) in [7, 11) is 0. The highest BCUT2D eigenvalue weighted by molar-refractivity contribution is 5.97. The molecule has 0 spiro atoms. The average molecular weight is 760 g/mol. The van der Waals surface area contributed by atoms with Crippen LogP contribution in [0.2, 0.25) is 0 Å². The minimum absolute atomic E-state index is 0.00245. The van der Waals surface area contributed by atoms with E-state index in [-0.39, 0.29) is 37.7 Å². The van der Waals surface area contributed by atoms with Gasteiger partial charge in [-0.3, -0.25) is 33.8 Å². The number of hydrogen-bond acceptors (Lipinski definition) is 12. The number of nitrogens with two attached hydrogens (primary N) is 4. The number of aliphatic carboxylic acids is 1. The lowest BCUT2D eigenvalue weighted by Gasteiger charge is -2.28. The van der Waals surface area contributed by atoms with Crippen LogP contribution in [0.5, 0.6) is 0 Å². The second-order valence-electron chi connectivity index (χ2n) is 13.4. The van der Waals surface area contributed by atoms with Gasteiger partial charge in [0, 0.05) is 6.54 Å². The molecule has 304 valence electrons. The summed E-state index contributed by atoms with van der Waals surface area (Å²) in [6, 6.07) is -9.03. The number of carboxylic acids is 1. The maximum absolute atomic E-state index is 13.4. The van der Waals surface area contributed by atoms with Crippen LogP contribution in [0.3, 0.4) is 0 Å². The van der Waals surface area contributed by atoms with E-state index in [0.29, 0.717) is 25.8 Å². The molecule has 0 fully saturated rings. The third kappa shape index (κ3) is 19.2. The van der Waals surface area contributed by atoms with E-state index >= 15 is 0 Å². The summed E-state index contributed by atoms with van der Waals surface area (Å²) in [5.74, 6) is -7.16. The molecule has 0 saturated carbocycles. The van der Waals surface area contributed by atoms with Crippen LogP contribution in [0, 0.1) is 11.8 Å². The van der Waals surface area contributed by atoms with Crippen LogP contribution in [0.1, 0.15) is 73.1 Å². The summed E-state index contributed by atoms with van der Waals surface area (Å²) < 4.78 is 0. The molecule has 17 N–H and O–H groups in total. The van der Waals surface area contributed by atoms with Gasteiger partial charge in [-0.1, -0.05) is 34.1 Å². The number of aliphatic imine (C=N–C) groups is 1. The van der Waals surface area contributed by atoms with E-state index in [0.717, 1.165) is 0 Å². The lowest BCUT2D eigenvalue weighted by atomic mass is 9.99. The van der Waals surface area contributed by atoms with Crippen LogP contribution < -0.4 is 54.8 Å². The van der Waals surface area contributed by atoms with Crippen LogP contribution in [0.25, 0.3) is 0 Å². The average Bonchev–Trinajstić information content (AvgIpc) is 3.08. The molecule has 0 radical (unpaired) electrons. The van der Waals surface area contributed by atoms with Crippen molar-refractivity contribution in [1.29, 1.82) is 0 Å². The smallest absolute Gasteiger partial charge is 0.326 e. The summed E-state index contributed by atoms with van der Waals surface area (Å²) in [6.45, 7) is 6.92. The molecule has 0 saturated heterocycles. The molecule has 0 aliphatic heterocycles. The monoisotopic (exact) mass is 759 g/mol. The topological polar surface area (TPSA) is 369 Å². The molecular formula is C32H61N11O10. The van der Waals surface area contributed by atoms with Gasteiger partial charge in [0.1, 0.15) is 36.3 Å². The fourth-order valence-corrected chi connectivity index (χ4v) is 4.77. The minimum atomic E-state index is -1.58. The maximum Gasteiger partial charge on any atom is 0.326 e. The van der Waals surface area contributed by atoms with Crippen molar-refractivity contribution in [2.24, 2.45) is 39.8 Å². The highest BCUT2D eigenvalue weighted by Gasteiger charge is 2.33. The van der Waals surface area contributed by atoms with Crippen molar-refractivity contribution in [3.63, 3.8) is 0 Å². The normalized spacial score (nSPS) is 15.1. The standard InChI is InChI=1S/C32H61N11O10/c1-16(2)13-21(27(48)43-24(17(3)4)30(51)39-20(31(52)53)10-8-12-37-32(35)36)40-29(50)23(15-45)41-25(46)18(5)38-28(49)22(14-44)42-26(47)19(34)9-6-7-11-33/h16-24,44-45H,6-15,33-34H2,1-5H3,(H,38,49)(H,39,51)(H,40,50)(H,41,46)(H,42,47)(H,43,48)(H,52,53)(H4,35,36,37)/t18-,19-,20-,21-,22-,23-,24-/m0/s1. The zero-order valence-electron chi connectivity index (χ0n) is 31.2. The van der Waals surface area contributed by atoms with E-state index in [4.69, 9.17) is 22.9 Å². The molecule has 0 heterocycles. The summed E-state index contributed by atoms with van der Waals surface area (Å²) in [5, 5.41) is 43.6. The molecule has 7 atom stereocenters. The summed E-state index contributed by atoms with van der Waals surface area (Å²) >= 11 is 0. The van der Waals surface area contributed by atoms with Crippen LogP contribution in [-0.2, 0) is 33.6 Å². The Morgan fingerprint density at radius 1 is 0.623 bits per heavy atom. The van der Waals surface area contributed by atoms with Gasteiger partial charge < -0.3 is 70.2 Å². The van der Waals surface area contributed by atoms with Crippen molar-refractivity contribution in [2.75, 3.05) is 26.3 Å². The summed E-state index contributed by atoms with van der Waals surface area (Å²) in [4.78, 5) is 93.3. The molecule has 0 aromatic carbocycles. The number of hydrogen-bond donors (Lipinski definition) is 13. The number of carboxylic acid groups (broad SMARTS) is 1. The highest BCUT2D eigenvalue weighted by Crippen LogP contribution is 2.10. The fourth-order valence-electron chi connectivity index (χ4n) is 4.77. The number of aliphatic hydroxyl groups excluding tert-OH is 2. The molecule has 6 amide bonds. The van der Waals surface area contributed by atoms with Crippen LogP contribution in [-0.4, -0.2) is 131 Å². The van der Waals surface area contributed by atoms with E-state index < -0.39 is 103 Å².